The predicted octanol–water partition coefficient (Wildman–Crippen LogP) is 5.11. The molecule has 3 aromatic rings. The first-order valence-corrected chi connectivity index (χ1v) is 9.46. The number of hydrogen-bond donors (Lipinski definition) is 1. The van der Waals surface area contributed by atoms with Crippen LogP contribution < -0.4 is 4.90 Å². The van der Waals surface area contributed by atoms with Crippen LogP contribution in [0.3, 0.4) is 0 Å². The summed E-state index contributed by atoms with van der Waals surface area (Å²) in [6.07, 6.45) is 3.41. The maximum Gasteiger partial charge on any atom is 0.186 e. The third kappa shape index (κ3) is 3.21. The van der Waals surface area contributed by atoms with E-state index in [0.717, 1.165) is 52.7 Å². The summed E-state index contributed by atoms with van der Waals surface area (Å²) in [5.74, 6) is 1.02. The number of nitrogens with zero attached hydrogens (tertiary/aromatic N) is 2. The predicted molar refractivity (Wildman–Crippen MR) is 101 cm³/mol. The highest BCUT2D eigenvalue weighted by Crippen LogP contribution is 2.36. The molecule has 0 saturated carbocycles. The lowest BCUT2D eigenvalue weighted by Gasteiger charge is -2.31. The number of halogens is 1. The second-order valence-electron chi connectivity index (χ2n) is 6.39. The summed E-state index contributed by atoms with van der Waals surface area (Å²) in [7, 11) is 0. The normalized spacial score (nSPS) is 16.0. The van der Waals surface area contributed by atoms with Gasteiger partial charge in [-0.1, -0.05) is 41.1 Å². The fourth-order valence-corrected chi connectivity index (χ4v) is 4.63. The summed E-state index contributed by atoms with van der Waals surface area (Å²) in [4.78, 5) is 7.03. The van der Waals surface area contributed by atoms with Crippen LogP contribution in [0.15, 0.2) is 42.5 Å². The van der Waals surface area contributed by atoms with Gasteiger partial charge in [0, 0.05) is 18.1 Å². The maximum absolute atomic E-state index is 9.95. The van der Waals surface area contributed by atoms with E-state index in [0.29, 0.717) is 11.7 Å². The molecule has 4 rings (SSSR count). The first kappa shape index (κ1) is 15.7. The summed E-state index contributed by atoms with van der Waals surface area (Å²) < 4.78 is 0.883. The van der Waals surface area contributed by atoms with Gasteiger partial charge in [0.1, 0.15) is 5.75 Å². The van der Waals surface area contributed by atoms with Crippen LogP contribution in [0, 0.1) is 5.92 Å². The van der Waals surface area contributed by atoms with Gasteiger partial charge < -0.3 is 10.0 Å². The number of rotatable bonds is 3. The van der Waals surface area contributed by atoms with Gasteiger partial charge in [0.2, 0.25) is 0 Å². The highest BCUT2D eigenvalue weighted by atomic mass is 35.5. The summed E-state index contributed by atoms with van der Waals surface area (Å²) in [5, 5.41) is 11.8. The lowest BCUT2D eigenvalue weighted by Crippen LogP contribution is -2.34. The van der Waals surface area contributed by atoms with Gasteiger partial charge in [0.25, 0.3) is 0 Å². The van der Waals surface area contributed by atoms with Crippen LogP contribution in [0.1, 0.15) is 18.4 Å². The molecule has 124 valence electrons. The highest BCUT2D eigenvalue weighted by Gasteiger charge is 2.22. The Morgan fingerprint density at radius 2 is 1.96 bits per heavy atom. The minimum atomic E-state index is 0.326. The van der Waals surface area contributed by atoms with E-state index in [2.05, 4.69) is 22.0 Å². The molecule has 2 heterocycles. The Bertz CT molecular complexity index is 855. The van der Waals surface area contributed by atoms with Crippen LogP contribution in [-0.2, 0) is 6.42 Å². The van der Waals surface area contributed by atoms with Gasteiger partial charge >= 0.3 is 0 Å². The molecule has 1 fully saturated rings. The van der Waals surface area contributed by atoms with Crippen molar-refractivity contribution in [3.05, 3.63) is 53.1 Å². The van der Waals surface area contributed by atoms with Crippen molar-refractivity contribution in [2.45, 2.75) is 19.3 Å². The molecule has 0 unspecified atom stereocenters. The fraction of sp³-hybridized carbons (Fsp3) is 0.316. The number of thiazole rings is 1. The lowest BCUT2D eigenvalue weighted by molar-refractivity contribution is 0.403. The molecule has 0 aliphatic carbocycles. The van der Waals surface area contributed by atoms with Crippen LogP contribution in [0.2, 0.25) is 5.02 Å². The molecule has 5 heteroatoms. The number of fused-ring (bicyclic) bond motifs is 1. The molecule has 1 aliphatic heterocycles. The Labute approximate surface area is 150 Å². The van der Waals surface area contributed by atoms with Gasteiger partial charge in [-0.3, -0.25) is 0 Å². The first-order valence-electron chi connectivity index (χ1n) is 8.27. The Morgan fingerprint density at radius 3 is 2.71 bits per heavy atom. The van der Waals surface area contributed by atoms with E-state index < -0.39 is 0 Å². The summed E-state index contributed by atoms with van der Waals surface area (Å²) in [5.41, 5.74) is 2.21. The van der Waals surface area contributed by atoms with Gasteiger partial charge in [0.05, 0.1) is 10.2 Å². The number of aromatic hydroxyl groups is 1. The third-order valence-electron chi connectivity index (χ3n) is 4.68. The van der Waals surface area contributed by atoms with Crippen molar-refractivity contribution in [3.63, 3.8) is 0 Å². The zero-order chi connectivity index (χ0) is 16.5. The highest BCUT2D eigenvalue weighted by molar-refractivity contribution is 7.22. The molecule has 1 N–H and O–H groups in total. The van der Waals surface area contributed by atoms with Crippen molar-refractivity contribution in [1.82, 2.24) is 4.98 Å². The molecule has 0 radical (unpaired) electrons. The zero-order valence-corrected chi connectivity index (χ0v) is 14.9. The largest absolute Gasteiger partial charge is 0.506 e. The summed E-state index contributed by atoms with van der Waals surface area (Å²) in [6.45, 7) is 2.04. The molecule has 2 aromatic carbocycles. The molecule has 0 bridgehead atoms. The zero-order valence-electron chi connectivity index (χ0n) is 13.3. The minimum absolute atomic E-state index is 0.326. The number of hydrogen-bond acceptors (Lipinski definition) is 4. The standard InChI is InChI=1S/C19H19ClN2OS/c20-15-4-1-3-14(12-15)11-13-7-9-22(10-8-13)19-21-16-5-2-6-17(23)18(16)24-19/h1-6,12-13,23H,7-11H2. The number of piperidine rings is 1. The maximum atomic E-state index is 9.95. The number of anilines is 1. The number of phenols is 1. The van der Waals surface area contributed by atoms with Gasteiger partial charge in [-0.2, -0.15) is 0 Å². The molecule has 0 amide bonds. The van der Waals surface area contributed by atoms with Crippen LogP contribution in [0.5, 0.6) is 5.75 Å². The fourth-order valence-electron chi connectivity index (χ4n) is 3.38. The molecule has 0 spiro atoms. The smallest absolute Gasteiger partial charge is 0.186 e. The quantitative estimate of drug-likeness (QED) is 0.706. The van der Waals surface area contributed by atoms with E-state index in [-0.39, 0.29) is 0 Å². The SMILES string of the molecule is Oc1cccc2nc(N3CCC(Cc4cccc(Cl)c4)CC3)sc12. The Balaban J connectivity index is 1.42. The second kappa shape index (κ2) is 6.61. The van der Waals surface area contributed by atoms with E-state index in [1.165, 1.54) is 5.56 Å². The average Bonchev–Trinajstić information content (AvgIpc) is 3.01. The molecular formula is C19H19ClN2OS. The number of benzene rings is 2. The summed E-state index contributed by atoms with van der Waals surface area (Å²) >= 11 is 7.67. The third-order valence-corrected chi connectivity index (χ3v) is 6.07. The van der Waals surface area contributed by atoms with E-state index in [1.54, 1.807) is 17.4 Å². The Hall–Kier alpha value is -1.78. The van der Waals surface area contributed by atoms with E-state index in [1.807, 2.05) is 24.3 Å². The Morgan fingerprint density at radius 1 is 1.17 bits per heavy atom. The van der Waals surface area contributed by atoms with Gasteiger partial charge in [-0.15, -0.1) is 0 Å². The van der Waals surface area contributed by atoms with E-state index >= 15 is 0 Å². The minimum Gasteiger partial charge on any atom is -0.506 e. The average molecular weight is 359 g/mol. The number of aromatic nitrogens is 1. The molecule has 3 nitrogen and oxygen atoms in total. The van der Waals surface area contributed by atoms with Crippen molar-refractivity contribution < 1.29 is 5.11 Å². The van der Waals surface area contributed by atoms with E-state index in [4.69, 9.17) is 11.6 Å². The van der Waals surface area contributed by atoms with Crippen LogP contribution in [0.25, 0.3) is 10.2 Å². The van der Waals surface area contributed by atoms with Crippen LogP contribution in [0.4, 0.5) is 5.13 Å². The van der Waals surface area contributed by atoms with Crippen molar-refractivity contribution in [2.75, 3.05) is 18.0 Å². The lowest BCUT2D eigenvalue weighted by atomic mass is 9.90. The van der Waals surface area contributed by atoms with Crippen molar-refractivity contribution in [3.8, 4) is 5.75 Å². The van der Waals surface area contributed by atoms with Crippen LogP contribution in [-0.4, -0.2) is 23.2 Å². The molecule has 1 aliphatic rings. The number of phenolic OH excluding ortho intramolecular Hbond substituents is 1. The van der Waals surface area contributed by atoms with Crippen molar-refractivity contribution in [1.29, 1.82) is 0 Å². The topological polar surface area (TPSA) is 36.4 Å². The van der Waals surface area contributed by atoms with Crippen molar-refractivity contribution >= 4 is 38.3 Å². The molecular weight excluding hydrogens is 340 g/mol. The van der Waals surface area contributed by atoms with Gasteiger partial charge in [0.15, 0.2) is 5.13 Å². The summed E-state index contributed by atoms with van der Waals surface area (Å²) in [6, 6.07) is 13.7. The molecule has 1 saturated heterocycles. The molecule has 1 aromatic heterocycles. The first-order chi connectivity index (χ1) is 11.7. The monoisotopic (exact) mass is 358 g/mol. The molecule has 0 atom stereocenters. The second-order valence-corrected chi connectivity index (χ2v) is 7.80. The van der Waals surface area contributed by atoms with Crippen LogP contribution >= 0.6 is 22.9 Å². The van der Waals surface area contributed by atoms with Crippen molar-refractivity contribution in [2.24, 2.45) is 5.92 Å². The van der Waals surface area contributed by atoms with Gasteiger partial charge in [-0.05, 0) is 55.0 Å². The Kier molecular flexibility index (Phi) is 4.33. The van der Waals surface area contributed by atoms with Gasteiger partial charge in [-0.25, -0.2) is 4.98 Å². The molecule has 24 heavy (non-hydrogen) atoms. The van der Waals surface area contributed by atoms with E-state index in [9.17, 15) is 5.11 Å².